The summed E-state index contributed by atoms with van der Waals surface area (Å²) >= 11 is 0. The lowest BCUT2D eigenvalue weighted by molar-refractivity contribution is 0.465. The molecule has 0 radical (unpaired) electrons. The molecule has 1 aliphatic heterocycles. The van der Waals surface area contributed by atoms with Crippen LogP contribution in [-0.2, 0) is 6.42 Å². The molecule has 1 fully saturated rings. The Bertz CT molecular complexity index is 388. The lowest BCUT2D eigenvalue weighted by Crippen LogP contribution is -2.33. The highest BCUT2D eigenvalue weighted by Crippen LogP contribution is 2.28. The maximum Gasteiger partial charge on any atom is 0.116 e. The van der Waals surface area contributed by atoms with Gasteiger partial charge in [0.25, 0.3) is 0 Å². The topological polar surface area (TPSA) is 44.3 Å². The standard InChI is InChI=1S/C13H18N2O/c16-12-3-4-13-10(6-12)5-9(8-15-13)7-14-11-1-2-11/h3-4,6,9,11,14-16H,1-2,5,7-8H2. The Kier molecular flexibility index (Phi) is 2.48. The summed E-state index contributed by atoms with van der Waals surface area (Å²) in [4.78, 5) is 0. The van der Waals surface area contributed by atoms with Crippen molar-refractivity contribution in [3.05, 3.63) is 23.8 Å². The minimum atomic E-state index is 0.372. The zero-order valence-electron chi connectivity index (χ0n) is 9.37. The van der Waals surface area contributed by atoms with E-state index in [9.17, 15) is 5.11 Å². The molecule has 0 spiro atoms. The fourth-order valence-corrected chi connectivity index (χ4v) is 2.32. The van der Waals surface area contributed by atoms with Gasteiger partial charge >= 0.3 is 0 Å². The number of nitrogens with one attached hydrogen (secondary N) is 2. The van der Waals surface area contributed by atoms with Crippen molar-refractivity contribution >= 4 is 5.69 Å². The molecule has 2 aliphatic rings. The fourth-order valence-electron chi connectivity index (χ4n) is 2.32. The number of hydrogen-bond donors (Lipinski definition) is 3. The summed E-state index contributed by atoms with van der Waals surface area (Å²) in [7, 11) is 0. The van der Waals surface area contributed by atoms with Crippen molar-refractivity contribution in [3.63, 3.8) is 0 Å². The smallest absolute Gasteiger partial charge is 0.116 e. The molecule has 0 bridgehead atoms. The van der Waals surface area contributed by atoms with Gasteiger partial charge in [-0.25, -0.2) is 0 Å². The maximum absolute atomic E-state index is 9.46. The molecule has 1 unspecified atom stereocenters. The van der Waals surface area contributed by atoms with Crippen molar-refractivity contribution in [3.8, 4) is 5.75 Å². The van der Waals surface area contributed by atoms with E-state index in [-0.39, 0.29) is 0 Å². The van der Waals surface area contributed by atoms with Crippen LogP contribution < -0.4 is 10.6 Å². The first-order valence-electron chi connectivity index (χ1n) is 6.10. The van der Waals surface area contributed by atoms with Crippen LogP contribution in [0.5, 0.6) is 5.75 Å². The largest absolute Gasteiger partial charge is 0.508 e. The van der Waals surface area contributed by atoms with E-state index in [0.29, 0.717) is 11.7 Å². The second-order valence-electron chi connectivity index (χ2n) is 4.98. The van der Waals surface area contributed by atoms with Crippen LogP contribution in [0.15, 0.2) is 18.2 Å². The van der Waals surface area contributed by atoms with E-state index in [2.05, 4.69) is 10.6 Å². The van der Waals surface area contributed by atoms with Gasteiger partial charge in [-0.2, -0.15) is 0 Å². The van der Waals surface area contributed by atoms with Crippen LogP contribution in [-0.4, -0.2) is 24.2 Å². The Morgan fingerprint density at radius 3 is 3.06 bits per heavy atom. The van der Waals surface area contributed by atoms with Gasteiger partial charge in [0.05, 0.1) is 0 Å². The highest BCUT2D eigenvalue weighted by Gasteiger charge is 2.24. The van der Waals surface area contributed by atoms with Crippen molar-refractivity contribution in [1.29, 1.82) is 0 Å². The molecule has 1 aromatic rings. The molecule has 0 aromatic heterocycles. The first-order valence-corrected chi connectivity index (χ1v) is 6.10. The van der Waals surface area contributed by atoms with Crippen molar-refractivity contribution in [1.82, 2.24) is 5.32 Å². The van der Waals surface area contributed by atoms with Crippen LogP contribution in [0.1, 0.15) is 18.4 Å². The lowest BCUT2D eigenvalue weighted by Gasteiger charge is -2.26. The van der Waals surface area contributed by atoms with Gasteiger partial charge in [-0.05, 0) is 48.9 Å². The Morgan fingerprint density at radius 1 is 1.38 bits per heavy atom. The summed E-state index contributed by atoms with van der Waals surface area (Å²) in [5.74, 6) is 1.02. The second-order valence-corrected chi connectivity index (χ2v) is 4.98. The molecule has 3 rings (SSSR count). The van der Waals surface area contributed by atoms with E-state index in [1.165, 1.54) is 24.1 Å². The summed E-state index contributed by atoms with van der Waals surface area (Å²) in [5.41, 5.74) is 2.43. The van der Waals surface area contributed by atoms with E-state index in [0.717, 1.165) is 25.6 Å². The number of fused-ring (bicyclic) bond motifs is 1. The number of benzene rings is 1. The average Bonchev–Trinajstić information content (AvgIpc) is 3.09. The molecule has 3 heteroatoms. The third-order valence-corrected chi connectivity index (χ3v) is 3.45. The lowest BCUT2D eigenvalue weighted by atomic mass is 9.94. The monoisotopic (exact) mass is 218 g/mol. The summed E-state index contributed by atoms with van der Waals surface area (Å²) in [6.07, 6.45) is 3.76. The molecule has 16 heavy (non-hydrogen) atoms. The molecule has 1 saturated carbocycles. The van der Waals surface area contributed by atoms with E-state index >= 15 is 0 Å². The molecule has 0 saturated heterocycles. The van der Waals surface area contributed by atoms with E-state index < -0.39 is 0 Å². The van der Waals surface area contributed by atoms with Crippen LogP contribution in [0.4, 0.5) is 5.69 Å². The van der Waals surface area contributed by atoms with Gasteiger partial charge in [0.15, 0.2) is 0 Å². The number of aromatic hydroxyl groups is 1. The van der Waals surface area contributed by atoms with Gasteiger partial charge in [-0.15, -0.1) is 0 Å². The summed E-state index contributed by atoms with van der Waals surface area (Å²) in [5, 5.41) is 16.5. The zero-order chi connectivity index (χ0) is 11.0. The highest BCUT2D eigenvalue weighted by molar-refractivity contribution is 5.55. The summed E-state index contributed by atoms with van der Waals surface area (Å²) in [6.45, 7) is 2.13. The van der Waals surface area contributed by atoms with Crippen LogP contribution >= 0.6 is 0 Å². The van der Waals surface area contributed by atoms with Gasteiger partial charge in [-0.1, -0.05) is 0 Å². The zero-order valence-corrected chi connectivity index (χ0v) is 9.37. The van der Waals surface area contributed by atoms with Crippen LogP contribution in [0, 0.1) is 5.92 Å². The summed E-state index contributed by atoms with van der Waals surface area (Å²) < 4.78 is 0. The third-order valence-electron chi connectivity index (χ3n) is 3.45. The predicted molar refractivity (Wildman–Crippen MR) is 64.8 cm³/mol. The quantitative estimate of drug-likeness (QED) is 0.677. The Balaban J connectivity index is 1.64. The molecule has 1 aliphatic carbocycles. The number of rotatable bonds is 3. The molecular formula is C13H18N2O. The highest BCUT2D eigenvalue weighted by atomic mass is 16.3. The summed E-state index contributed by atoms with van der Waals surface area (Å²) in [6, 6.07) is 6.38. The molecule has 0 amide bonds. The number of phenolic OH excluding ortho intramolecular Hbond substituents is 1. The Morgan fingerprint density at radius 2 is 2.25 bits per heavy atom. The Hall–Kier alpha value is -1.22. The van der Waals surface area contributed by atoms with Gasteiger partial charge in [0, 0.05) is 24.8 Å². The number of hydrogen-bond acceptors (Lipinski definition) is 3. The number of anilines is 1. The second kappa shape index (κ2) is 3.98. The van der Waals surface area contributed by atoms with Gasteiger partial charge in [-0.3, -0.25) is 0 Å². The van der Waals surface area contributed by atoms with Crippen molar-refractivity contribution in [2.45, 2.75) is 25.3 Å². The minimum Gasteiger partial charge on any atom is -0.508 e. The van der Waals surface area contributed by atoms with E-state index in [1.54, 1.807) is 6.07 Å². The van der Waals surface area contributed by atoms with Crippen LogP contribution in [0.3, 0.4) is 0 Å². The van der Waals surface area contributed by atoms with E-state index in [1.807, 2.05) is 12.1 Å². The average molecular weight is 218 g/mol. The molecule has 3 nitrogen and oxygen atoms in total. The van der Waals surface area contributed by atoms with Crippen LogP contribution in [0.2, 0.25) is 0 Å². The number of phenols is 1. The normalized spacial score (nSPS) is 23.6. The molecule has 1 atom stereocenters. The predicted octanol–water partition coefficient (Wildman–Crippen LogP) is 1.73. The molecule has 86 valence electrons. The molecule has 1 heterocycles. The third kappa shape index (κ3) is 2.14. The maximum atomic E-state index is 9.46. The first-order chi connectivity index (χ1) is 7.81. The SMILES string of the molecule is Oc1ccc2c(c1)CC(CNC1CC1)CN2. The van der Waals surface area contributed by atoms with Crippen molar-refractivity contribution < 1.29 is 5.11 Å². The first kappa shape index (κ1) is 9.97. The molecule has 1 aromatic carbocycles. The van der Waals surface area contributed by atoms with Crippen molar-refractivity contribution in [2.24, 2.45) is 5.92 Å². The van der Waals surface area contributed by atoms with Gasteiger partial charge in [0.2, 0.25) is 0 Å². The fraction of sp³-hybridized carbons (Fsp3) is 0.538. The molecule has 3 N–H and O–H groups in total. The van der Waals surface area contributed by atoms with Crippen molar-refractivity contribution in [2.75, 3.05) is 18.4 Å². The van der Waals surface area contributed by atoms with E-state index in [4.69, 9.17) is 0 Å². The minimum absolute atomic E-state index is 0.372. The Labute approximate surface area is 95.9 Å². The van der Waals surface area contributed by atoms with Gasteiger partial charge < -0.3 is 15.7 Å². The molecular weight excluding hydrogens is 200 g/mol. The van der Waals surface area contributed by atoms with Gasteiger partial charge in [0.1, 0.15) is 5.75 Å². The van der Waals surface area contributed by atoms with Crippen LogP contribution in [0.25, 0.3) is 0 Å².